The summed E-state index contributed by atoms with van der Waals surface area (Å²) in [6.07, 6.45) is 10.1. The van der Waals surface area contributed by atoms with Crippen molar-refractivity contribution in [3.05, 3.63) is 0 Å². The van der Waals surface area contributed by atoms with Crippen LogP contribution < -0.4 is 53.2 Å². The van der Waals surface area contributed by atoms with Crippen molar-refractivity contribution in [3.63, 3.8) is 0 Å². The van der Waals surface area contributed by atoms with Crippen molar-refractivity contribution in [2.24, 2.45) is 0 Å². The molecule has 0 saturated heterocycles. The molecular formula is C38H78N10O5. The molecule has 0 aromatic rings. The van der Waals surface area contributed by atoms with Crippen molar-refractivity contribution in [1.82, 2.24) is 53.2 Å². The lowest BCUT2D eigenvalue weighted by molar-refractivity contribution is -0.125. The van der Waals surface area contributed by atoms with Crippen LogP contribution in [0.5, 0.6) is 0 Å². The summed E-state index contributed by atoms with van der Waals surface area (Å²) >= 11 is 0. The second-order valence-electron chi connectivity index (χ2n) is 14.3. The fourth-order valence-electron chi connectivity index (χ4n) is 6.35. The van der Waals surface area contributed by atoms with Crippen molar-refractivity contribution in [3.8, 4) is 0 Å². The van der Waals surface area contributed by atoms with Gasteiger partial charge in [-0.05, 0) is 139 Å². The maximum atomic E-state index is 13.3. The summed E-state index contributed by atoms with van der Waals surface area (Å²) in [6, 6.07) is -0.505. The lowest BCUT2D eigenvalue weighted by Crippen LogP contribution is -2.44. The Morgan fingerprint density at radius 3 is 1.09 bits per heavy atom. The number of hydrogen-bond acceptors (Lipinski definition) is 11. The molecule has 0 heterocycles. The summed E-state index contributed by atoms with van der Waals surface area (Å²) in [5.74, 6) is -0.390. The summed E-state index contributed by atoms with van der Waals surface area (Å²) in [6.45, 7) is 5.17. The Balaban J connectivity index is 5.16. The van der Waals surface area contributed by atoms with Crippen LogP contribution in [0.2, 0.25) is 0 Å². The average Bonchev–Trinajstić information content (AvgIpc) is 3.11. The third-order valence-electron chi connectivity index (χ3n) is 9.51. The quantitative estimate of drug-likeness (QED) is 0.0398. The molecule has 0 fully saturated rings. The molecule has 0 spiro atoms. The Labute approximate surface area is 321 Å². The maximum absolute atomic E-state index is 13.3. The SMILES string of the molecule is CNCCCC(CC(=O)NCCCCC(CC(C)=O)NC(=O)CC(CCCNC(=O)CC(CCCNC)NC)NC(=O)CC(CCCNC)NC)NC. The first-order chi connectivity index (χ1) is 25.5. The minimum atomic E-state index is -0.423. The van der Waals surface area contributed by atoms with Crippen molar-refractivity contribution in [2.45, 2.75) is 140 Å². The van der Waals surface area contributed by atoms with E-state index in [2.05, 4.69) is 53.2 Å². The molecule has 0 saturated carbocycles. The molecule has 10 N–H and O–H groups in total. The number of amides is 4. The van der Waals surface area contributed by atoms with Crippen molar-refractivity contribution in [2.75, 3.05) is 75.0 Å². The first kappa shape index (κ1) is 50.3. The molecule has 0 radical (unpaired) electrons. The van der Waals surface area contributed by atoms with Crippen molar-refractivity contribution >= 4 is 29.4 Å². The number of hydrogen-bond donors (Lipinski definition) is 10. The van der Waals surface area contributed by atoms with Gasteiger partial charge in [0.25, 0.3) is 0 Å². The van der Waals surface area contributed by atoms with Gasteiger partial charge in [-0.1, -0.05) is 0 Å². The first-order valence-corrected chi connectivity index (χ1v) is 20.1. The van der Waals surface area contributed by atoms with Crippen LogP contribution in [-0.4, -0.2) is 135 Å². The standard InChI is InChI=1S/C38H78N10O5/c1-29(49)24-33(14-8-9-22-45-35(50)25-30(42-5)15-10-19-39-2)47-38(53)28-34(48-37(52)27-32(44-7)17-12-21-41-4)18-13-23-46-36(51)26-31(43-6)16-11-20-40-3/h30-34,39-44H,8-28H2,1-7H3,(H,45,50)(H,46,51)(H,47,53)(H,48,52). The second-order valence-corrected chi connectivity index (χ2v) is 14.3. The van der Waals surface area contributed by atoms with E-state index in [1.165, 1.54) is 6.92 Å². The molecule has 310 valence electrons. The predicted octanol–water partition coefficient (Wildman–Crippen LogP) is 0.441. The number of Topliss-reactive ketones (excluding diaryl/α,β-unsaturated/α-hetero) is 1. The van der Waals surface area contributed by atoms with Gasteiger partial charge in [0.05, 0.1) is 0 Å². The number of ketones is 1. The fraction of sp³-hybridized carbons (Fsp3) is 0.868. The van der Waals surface area contributed by atoms with E-state index in [1.807, 2.05) is 42.3 Å². The Bertz CT molecular complexity index is 989. The normalized spacial score (nSPS) is 14.1. The van der Waals surface area contributed by atoms with Crippen LogP contribution in [0.4, 0.5) is 0 Å². The lowest BCUT2D eigenvalue weighted by atomic mass is 10.0. The highest BCUT2D eigenvalue weighted by molar-refractivity contribution is 5.81. The molecule has 0 aromatic carbocycles. The molecule has 0 bridgehead atoms. The zero-order valence-electron chi connectivity index (χ0n) is 34.3. The third-order valence-corrected chi connectivity index (χ3v) is 9.51. The smallest absolute Gasteiger partial charge is 0.222 e. The number of nitrogens with one attached hydrogen (secondary N) is 10. The van der Waals surface area contributed by atoms with Crippen LogP contribution >= 0.6 is 0 Å². The van der Waals surface area contributed by atoms with Gasteiger partial charge in [-0.3, -0.25) is 24.0 Å². The van der Waals surface area contributed by atoms with E-state index in [0.717, 1.165) is 71.0 Å². The monoisotopic (exact) mass is 755 g/mol. The Kier molecular flexibility index (Phi) is 32.1. The van der Waals surface area contributed by atoms with Gasteiger partial charge in [0.15, 0.2) is 0 Å². The summed E-state index contributed by atoms with van der Waals surface area (Å²) < 4.78 is 0. The lowest BCUT2D eigenvalue weighted by Gasteiger charge is -2.23. The fourth-order valence-corrected chi connectivity index (χ4v) is 6.35. The van der Waals surface area contributed by atoms with Gasteiger partial charge >= 0.3 is 0 Å². The summed E-state index contributed by atoms with van der Waals surface area (Å²) in [7, 11) is 11.3. The van der Waals surface area contributed by atoms with E-state index in [4.69, 9.17) is 0 Å². The molecule has 53 heavy (non-hydrogen) atoms. The molecule has 0 aliphatic rings. The van der Waals surface area contributed by atoms with E-state index in [0.29, 0.717) is 51.6 Å². The molecule has 0 aromatic heterocycles. The van der Waals surface area contributed by atoms with Gasteiger partial charge in [0.2, 0.25) is 23.6 Å². The maximum Gasteiger partial charge on any atom is 0.222 e. The summed E-state index contributed by atoms with van der Waals surface area (Å²) in [5, 5.41) is 31.1. The zero-order valence-corrected chi connectivity index (χ0v) is 34.3. The van der Waals surface area contributed by atoms with Crippen LogP contribution in [0.3, 0.4) is 0 Å². The molecule has 15 nitrogen and oxygen atoms in total. The van der Waals surface area contributed by atoms with E-state index >= 15 is 0 Å². The zero-order chi connectivity index (χ0) is 39.7. The van der Waals surface area contributed by atoms with E-state index < -0.39 is 6.04 Å². The van der Waals surface area contributed by atoms with Gasteiger partial charge in [-0.2, -0.15) is 0 Å². The number of carbonyl (C=O) groups is 5. The number of unbranched alkanes of at least 4 members (excludes halogenated alkanes) is 1. The van der Waals surface area contributed by atoms with Gasteiger partial charge in [0.1, 0.15) is 5.78 Å². The molecule has 5 atom stereocenters. The molecule has 0 rings (SSSR count). The number of rotatable bonds is 36. The van der Waals surface area contributed by atoms with Gasteiger partial charge in [-0.15, -0.1) is 0 Å². The Morgan fingerprint density at radius 2 is 0.698 bits per heavy atom. The molecule has 4 amide bonds. The second kappa shape index (κ2) is 33.8. The molecule has 0 aliphatic carbocycles. The van der Waals surface area contributed by atoms with Crippen LogP contribution in [-0.2, 0) is 24.0 Å². The van der Waals surface area contributed by atoms with Crippen LogP contribution in [0.25, 0.3) is 0 Å². The summed E-state index contributed by atoms with van der Waals surface area (Å²) in [4.78, 5) is 63.6. The van der Waals surface area contributed by atoms with Crippen molar-refractivity contribution < 1.29 is 24.0 Å². The van der Waals surface area contributed by atoms with Crippen molar-refractivity contribution in [1.29, 1.82) is 0 Å². The third kappa shape index (κ3) is 29.4. The molecular weight excluding hydrogens is 676 g/mol. The highest BCUT2D eigenvalue weighted by atomic mass is 16.2. The highest BCUT2D eigenvalue weighted by Crippen LogP contribution is 2.10. The average molecular weight is 755 g/mol. The molecule has 0 aliphatic heterocycles. The van der Waals surface area contributed by atoms with Gasteiger partial charge in [0, 0.05) is 75.4 Å². The first-order valence-electron chi connectivity index (χ1n) is 20.1. The molecule has 15 heteroatoms. The highest BCUT2D eigenvalue weighted by Gasteiger charge is 2.22. The minimum Gasteiger partial charge on any atom is -0.356 e. The van der Waals surface area contributed by atoms with Gasteiger partial charge in [-0.25, -0.2) is 0 Å². The largest absolute Gasteiger partial charge is 0.356 e. The van der Waals surface area contributed by atoms with E-state index in [9.17, 15) is 24.0 Å². The van der Waals surface area contributed by atoms with Crippen LogP contribution in [0, 0.1) is 0 Å². The van der Waals surface area contributed by atoms with E-state index in [-0.39, 0.29) is 66.4 Å². The molecule has 5 unspecified atom stereocenters. The topological polar surface area (TPSA) is 206 Å². The van der Waals surface area contributed by atoms with Gasteiger partial charge < -0.3 is 53.2 Å². The Hall–Kier alpha value is -2.69. The van der Waals surface area contributed by atoms with Crippen LogP contribution in [0.1, 0.15) is 110 Å². The predicted molar refractivity (Wildman–Crippen MR) is 215 cm³/mol. The number of carbonyl (C=O) groups excluding carboxylic acids is 5. The van der Waals surface area contributed by atoms with Crippen LogP contribution in [0.15, 0.2) is 0 Å². The Morgan fingerprint density at radius 1 is 0.377 bits per heavy atom. The minimum absolute atomic E-state index is 0.0106. The summed E-state index contributed by atoms with van der Waals surface area (Å²) in [5.41, 5.74) is 0. The van der Waals surface area contributed by atoms with E-state index in [1.54, 1.807) is 0 Å².